The fourth-order valence-corrected chi connectivity index (χ4v) is 7.48. The van der Waals surface area contributed by atoms with E-state index in [4.69, 9.17) is 0 Å². The minimum Gasteiger partial charge on any atom is -0.304 e. The number of hydrogen-bond acceptors (Lipinski definition) is 5. The monoisotopic (exact) mass is 1520 g/mol. The van der Waals surface area contributed by atoms with Gasteiger partial charge in [0, 0.05) is 95.6 Å². The Bertz CT molecular complexity index is 3100. The molecular formula is C65H67FIr3N3O2-3. The van der Waals surface area contributed by atoms with E-state index in [1.165, 1.54) is 38.7 Å². The molecule has 3 radical (unpaired) electrons. The first-order chi connectivity index (χ1) is 33.4. The molecule has 3 heterocycles. The molecule has 0 saturated heterocycles. The van der Waals surface area contributed by atoms with Crippen molar-refractivity contribution in [3.8, 4) is 33.8 Å². The fraction of sp³-hybridized carbons (Fsp3) is 0.277. The number of aryl methyl sites for hydroxylation is 1. The number of fused-ring (bicyclic) bond motifs is 3. The van der Waals surface area contributed by atoms with Crippen LogP contribution in [0.25, 0.3) is 66.1 Å². The molecular weight excluding hydrogens is 1450 g/mol. The van der Waals surface area contributed by atoms with Gasteiger partial charge in [0.15, 0.2) is 0 Å². The van der Waals surface area contributed by atoms with Crippen molar-refractivity contribution in [3.05, 3.63) is 199 Å². The number of pyridine rings is 3. The van der Waals surface area contributed by atoms with Gasteiger partial charge in [0.2, 0.25) is 0 Å². The fourth-order valence-electron chi connectivity index (χ4n) is 7.48. The van der Waals surface area contributed by atoms with Crippen molar-refractivity contribution in [1.82, 2.24) is 15.0 Å². The normalized spacial score (nSPS) is 11.2. The van der Waals surface area contributed by atoms with E-state index in [0.29, 0.717) is 5.56 Å². The third-order valence-corrected chi connectivity index (χ3v) is 12.2. The van der Waals surface area contributed by atoms with Gasteiger partial charge in [-0.15, -0.1) is 94.5 Å². The van der Waals surface area contributed by atoms with Crippen LogP contribution in [0, 0.1) is 41.8 Å². The number of nitrogens with zero attached hydrogens (tertiary/aromatic N) is 3. The Morgan fingerprint density at radius 2 is 0.770 bits per heavy atom. The predicted octanol–water partition coefficient (Wildman–Crippen LogP) is 16.7. The zero-order chi connectivity index (χ0) is 51.7. The van der Waals surface area contributed by atoms with Crippen LogP contribution in [0.3, 0.4) is 0 Å². The van der Waals surface area contributed by atoms with Crippen molar-refractivity contribution < 1.29 is 74.3 Å². The Labute approximate surface area is 480 Å². The van der Waals surface area contributed by atoms with Crippen LogP contribution in [0.4, 0.5) is 4.39 Å². The third kappa shape index (κ3) is 16.9. The second-order valence-electron chi connectivity index (χ2n) is 22.0. The van der Waals surface area contributed by atoms with Crippen molar-refractivity contribution in [2.24, 2.45) is 10.8 Å². The summed E-state index contributed by atoms with van der Waals surface area (Å²) < 4.78 is 13.3. The zero-order valence-corrected chi connectivity index (χ0v) is 51.9. The van der Waals surface area contributed by atoms with E-state index in [-0.39, 0.29) is 95.0 Å². The summed E-state index contributed by atoms with van der Waals surface area (Å²) in [7, 11) is 0. The quantitative estimate of drug-likeness (QED) is 0.127. The summed E-state index contributed by atoms with van der Waals surface area (Å²) in [5, 5.41) is 6.96. The van der Waals surface area contributed by atoms with Gasteiger partial charge in [0.1, 0.15) is 11.6 Å². The molecule has 0 aliphatic heterocycles. The molecule has 3 aromatic heterocycles. The summed E-state index contributed by atoms with van der Waals surface area (Å²) in [6.07, 6.45) is 5.56. The molecule has 5 nitrogen and oxygen atoms in total. The van der Waals surface area contributed by atoms with Crippen molar-refractivity contribution >= 4 is 43.9 Å². The average Bonchev–Trinajstić information content (AvgIpc) is 3.34. The molecule has 0 atom stereocenters. The molecule has 0 bridgehead atoms. The van der Waals surface area contributed by atoms with Crippen LogP contribution in [0.2, 0.25) is 0 Å². The van der Waals surface area contributed by atoms with Crippen LogP contribution in [0.1, 0.15) is 106 Å². The largest absolute Gasteiger partial charge is 0.304 e. The van der Waals surface area contributed by atoms with E-state index in [1.54, 1.807) is 19.2 Å². The summed E-state index contributed by atoms with van der Waals surface area (Å²) >= 11 is 0. The van der Waals surface area contributed by atoms with Crippen molar-refractivity contribution in [2.45, 2.75) is 107 Å². The van der Waals surface area contributed by atoms with E-state index in [1.807, 2.05) is 96.4 Å². The Hall–Kier alpha value is -5.23. The van der Waals surface area contributed by atoms with E-state index < -0.39 is 10.8 Å². The molecule has 9 rings (SSSR count). The molecule has 0 amide bonds. The molecule has 6 aromatic carbocycles. The molecule has 0 spiro atoms. The standard InChI is InChI=1S/2C19H18N.C16H11FN.C11H20O2.3Ir/c2*1-19(2,3)16-10-8-15(9-11-16)18-17-7-5-4-6-14(17)12-13-20-18;1-11-10-13(6-7-15(11)17)16-14-5-3-2-4-12(14)8-9-18-16;1-10(2,3)8(12)7-9(13)11(4,5)6;;;/h2*4-8,10-13H,1-3H3;2-5,7-10H,1H3;7H2,1-6H3;;;/q3*-1;;;;. The minimum absolute atomic E-state index is 0. The van der Waals surface area contributed by atoms with Gasteiger partial charge in [-0.25, -0.2) is 0 Å². The Morgan fingerprint density at radius 1 is 0.446 bits per heavy atom. The van der Waals surface area contributed by atoms with Gasteiger partial charge in [-0.1, -0.05) is 168 Å². The maximum Gasteiger partial charge on any atom is 0.145 e. The first-order valence-corrected chi connectivity index (χ1v) is 24.2. The van der Waals surface area contributed by atoms with Gasteiger partial charge in [-0.3, -0.25) is 14.0 Å². The van der Waals surface area contributed by atoms with Crippen LogP contribution >= 0.6 is 0 Å². The predicted molar refractivity (Wildman–Crippen MR) is 294 cm³/mol. The van der Waals surface area contributed by atoms with Crippen LogP contribution < -0.4 is 0 Å². The van der Waals surface area contributed by atoms with E-state index >= 15 is 0 Å². The van der Waals surface area contributed by atoms with Crippen molar-refractivity contribution in [2.75, 3.05) is 0 Å². The number of rotatable bonds is 5. The maximum absolute atomic E-state index is 13.3. The summed E-state index contributed by atoms with van der Waals surface area (Å²) in [6, 6.07) is 56.4. The number of halogens is 1. The molecule has 0 aliphatic rings. The molecule has 0 unspecified atom stereocenters. The molecule has 0 aliphatic carbocycles. The minimum atomic E-state index is -0.402. The number of ketones is 2. The second kappa shape index (κ2) is 27.0. The van der Waals surface area contributed by atoms with Crippen molar-refractivity contribution in [3.63, 3.8) is 0 Å². The van der Waals surface area contributed by atoms with Gasteiger partial charge >= 0.3 is 0 Å². The van der Waals surface area contributed by atoms with E-state index in [9.17, 15) is 14.0 Å². The van der Waals surface area contributed by atoms with Gasteiger partial charge in [0.05, 0.1) is 6.42 Å². The number of hydrogen-bond donors (Lipinski definition) is 0. The zero-order valence-electron chi connectivity index (χ0n) is 44.8. The molecule has 74 heavy (non-hydrogen) atoms. The van der Waals surface area contributed by atoms with E-state index in [0.717, 1.165) is 44.5 Å². The SMILES string of the molecule is CC(C)(C)C(=O)CC(=O)C(C)(C)C.CC(C)(C)c1c[c-]c(-c2nccc3ccccc23)cc1.CC(C)(C)c1c[c-]c(-c2nccc3ccccc23)cc1.Cc1cc(-c2nccc3ccccc23)[c-]cc1F.[Ir].[Ir].[Ir]. The van der Waals surface area contributed by atoms with Crippen LogP contribution in [0.5, 0.6) is 0 Å². The molecule has 9 aromatic rings. The van der Waals surface area contributed by atoms with Gasteiger partial charge in [-0.05, 0) is 78.4 Å². The van der Waals surface area contributed by atoms with Gasteiger partial charge < -0.3 is 15.0 Å². The van der Waals surface area contributed by atoms with Crippen LogP contribution in [-0.2, 0) is 80.7 Å². The van der Waals surface area contributed by atoms with E-state index in [2.05, 4.69) is 160 Å². The Morgan fingerprint density at radius 3 is 1.07 bits per heavy atom. The first-order valence-electron chi connectivity index (χ1n) is 24.2. The number of carbonyl (C=O) groups is 2. The molecule has 0 fully saturated rings. The topological polar surface area (TPSA) is 72.8 Å². The first kappa shape index (κ1) is 63.1. The summed E-state index contributed by atoms with van der Waals surface area (Å²) in [6.45, 7) is 26.1. The summed E-state index contributed by atoms with van der Waals surface area (Å²) in [5.41, 5.74) is 8.48. The summed E-state index contributed by atoms with van der Waals surface area (Å²) in [4.78, 5) is 36.5. The Kier molecular flexibility index (Phi) is 23.0. The molecule has 391 valence electrons. The number of Topliss-reactive ketones (excluding diaryl/α,β-unsaturated/α-hetero) is 2. The van der Waals surface area contributed by atoms with Gasteiger partial charge in [0.25, 0.3) is 0 Å². The number of benzene rings is 6. The molecule has 9 heteroatoms. The summed E-state index contributed by atoms with van der Waals surface area (Å²) in [5.74, 6) is -0.196. The number of aromatic nitrogens is 3. The third-order valence-electron chi connectivity index (χ3n) is 12.2. The van der Waals surface area contributed by atoms with Gasteiger partial charge in [-0.2, -0.15) is 0 Å². The van der Waals surface area contributed by atoms with Crippen LogP contribution in [-0.4, -0.2) is 26.5 Å². The number of carbonyl (C=O) groups excluding carboxylic acids is 2. The van der Waals surface area contributed by atoms with Crippen LogP contribution in [0.15, 0.2) is 158 Å². The second-order valence-corrected chi connectivity index (χ2v) is 22.0. The average molecular weight is 1520 g/mol. The smallest absolute Gasteiger partial charge is 0.145 e. The Balaban J connectivity index is 0.000000260. The molecule has 0 saturated carbocycles. The van der Waals surface area contributed by atoms with Crippen molar-refractivity contribution in [1.29, 1.82) is 0 Å². The maximum atomic E-state index is 13.3. The molecule has 0 N–H and O–H groups in total.